The Balaban J connectivity index is 1.70. The van der Waals surface area contributed by atoms with E-state index in [-0.39, 0.29) is 0 Å². The first-order valence-corrected chi connectivity index (χ1v) is 5.52. The molecule has 0 atom stereocenters. The molecule has 72 valence electrons. The van der Waals surface area contributed by atoms with Crippen molar-refractivity contribution < 1.29 is 0 Å². The van der Waals surface area contributed by atoms with E-state index in [2.05, 4.69) is 15.5 Å². The molecule has 1 saturated heterocycles. The summed E-state index contributed by atoms with van der Waals surface area (Å²) >= 11 is 1.79. The summed E-state index contributed by atoms with van der Waals surface area (Å²) in [7, 11) is 1.98. The van der Waals surface area contributed by atoms with Crippen LogP contribution in [0, 0.1) is 5.92 Å². The number of nitrogens with one attached hydrogen (secondary N) is 1. The smallest absolute Gasteiger partial charge is 0.190 e. The quantitative estimate of drug-likeness (QED) is 0.716. The van der Waals surface area contributed by atoms with Crippen molar-refractivity contribution in [2.75, 3.05) is 18.8 Å². The third-order valence-corrected chi connectivity index (χ3v) is 3.36. The molecule has 1 aromatic rings. The lowest BCUT2D eigenvalue weighted by Gasteiger charge is -2.26. The summed E-state index contributed by atoms with van der Waals surface area (Å²) < 4.78 is 1.96. The van der Waals surface area contributed by atoms with Gasteiger partial charge in [-0.2, -0.15) is 0 Å². The minimum Gasteiger partial charge on any atom is -0.316 e. The van der Waals surface area contributed by atoms with Gasteiger partial charge in [0.1, 0.15) is 6.33 Å². The zero-order valence-electron chi connectivity index (χ0n) is 7.73. The van der Waals surface area contributed by atoms with Gasteiger partial charge in [0, 0.05) is 12.8 Å². The largest absolute Gasteiger partial charge is 0.316 e. The van der Waals surface area contributed by atoms with E-state index in [4.69, 9.17) is 0 Å². The summed E-state index contributed by atoms with van der Waals surface area (Å²) in [6.07, 6.45) is 3.03. The summed E-state index contributed by atoms with van der Waals surface area (Å²) in [5.41, 5.74) is 0. The molecule has 2 rings (SSSR count). The number of rotatable bonds is 4. The summed E-state index contributed by atoms with van der Waals surface area (Å²) in [6, 6.07) is 0. The molecule has 2 heterocycles. The lowest BCUT2D eigenvalue weighted by molar-refractivity contribution is 0.341. The molecule has 1 fully saturated rings. The molecule has 1 aromatic heterocycles. The molecular weight excluding hydrogens is 184 g/mol. The van der Waals surface area contributed by atoms with E-state index in [0.717, 1.165) is 16.8 Å². The maximum absolute atomic E-state index is 4.02. The van der Waals surface area contributed by atoms with Crippen LogP contribution in [0.4, 0.5) is 0 Å². The molecule has 0 unspecified atom stereocenters. The van der Waals surface area contributed by atoms with Crippen molar-refractivity contribution in [3.05, 3.63) is 6.33 Å². The van der Waals surface area contributed by atoms with E-state index in [1.165, 1.54) is 19.5 Å². The Bertz CT molecular complexity index is 269. The molecule has 4 nitrogen and oxygen atoms in total. The van der Waals surface area contributed by atoms with Gasteiger partial charge in [0.05, 0.1) is 0 Å². The minimum atomic E-state index is 0.890. The fourth-order valence-electron chi connectivity index (χ4n) is 1.27. The fourth-order valence-corrected chi connectivity index (χ4v) is 2.26. The van der Waals surface area contributed by atoms with Crippen LogP contribution in [0.15, 0.2) is 11.5 Å². The third-order valence-electron chi connectivity index (χ3n) is 2.29. The van der Waals surface area contributed by atoms with Crippen LogP contribution in [0.5, 0.6) is 0 Å². The summed E-state index contributed by atoms with van der Waals surface area (Å²) in [5, 5.41) is 12.1. The maximum Gasteiger partial charge on any atom is 0.190 e. The van der Waals surface area contributed by atoms with Gasteiger partial charge in [-0.3, -0.25) is 0 Å². The molecule has 1 aliphatic heterocycles. The second-order valence-electron chi connectivity index (χ2n) is 3.39. The molecule has 0 bridgehead atoms. The number of nitrogens with zero attached hydrogens (tertiary/aromatic N) is 3. The normalized spacial score (nSPS) is 17.3. The molecule has 0 radical (unpaired) electrons. The molecule has 13 heavy (non-hydrogen) atoms. The van der Waals surface area contributed by atoms with Crippen molar-refractivity contribution in [1.82, 2.24) is 20.1 Å². The van der Waals surface area contributed by atoms with Crippen molar-refractivity contribution in [2.45, 2.75) is 11.6 Å². The van der Waals surface area contributed by atoms with E-state index in [0.29, 0.717) is 0 Å². The SMILES string of the molecule is Cn1cnnc1SCCC1CNC1. The predicted octanol–water partition coefficient (Wildman–Crippen LogP) is 0.517. The van der Waals surface area contributed by atoms with Gasteiger partial charge in [0.25, 0.3) is 0 Å². The minimum absolute atomic E-state index is 0.890. The number of hydrogen-bond donors (Lipinski definition) is 1. The summed E-state index contributed by atoms with van der Waals surface area (Å²) in [6.45, 7) is 2.39. The first kappa shape index (κ1) is 9.02. The Morgan fingerprint density at radius 3 is 3.08 bits per heavy atom. The first-order valence-electron chi connectivity index (χ1n) is 4.54. The summed E-state index contributed by atoms with van der Waals surface area (Å²) in [4.78, 5) is 0. The van der Waals surface area contributed by atoms with Gasteiger partial charge in [-0.25, -0.2) is 0 Å². The molecule has 1 N–H and O–H groups in total. The molecule has 0 spiro atoms. The maximum atomic E-state index is 4.02. The van der Waals surface area contributed by atoms with Gasteiger partial charge in [0.15, 0.2) is 5.16 Å². The van der Waals surface area contributed by atoms with E-state index in [1.54, 1.807) is 18.1 Å². The Labute approximate surface area is 82.1 Å². The Kier molecular flexibility index (Phi) is 2.85. The Morgan fingerprint density at radius 1 is 1.69 bits per heavy atom. The topological polar surface area (TPSA) is 42.7 Å². The summed E-state index contributed by atoms with van der Waals surface area (Å²) in [5.74, 6) is 2.04. The molecule has 1 aliphatic rings. The van der Waals surface area contributed by atoms with Gasteiger partial charge < -0.3 is 9.88 Å². The van der Waals surface area contributed by atoms with Crippen LogP contribution in [0.25, 0.3) is 0 Å². The van der Waals surface area contributed by atoms with Crippen LogP contribution >= 0.6 is 11.8 Å². The first-order chi connectivity index (χ1) is 6.36. The van der Waals surface area contributed by atoms with Crippen molar-refractivity contribution in [2.24, 2.45) is 13.0 Å². The second kappa shape index (κ2) is 4.11. The molecule has 5 heteroatoms. The fraction of sp³-hybridized carbons (Fsp3) is 0.750. The second-order valence-corrected chi connectivity index (χ2v) is 4.45. The highest BCUT2D eigenvalue weighted by molar-refractivity contribution is 7.99. The lowest BCUT2D eigenvalue weighted by Crippen LogP contribution is -2.42. The van der Waals surface area contributed by atoms with Crippen molar-refractivity contribution in [3.8, 4) is 0 Å². The van der Waals surface area contributed by atoms with Crippen LogP contribution in [0.3, 0.4) is 0 Å². The van der Waals surface area contributed by atoms with Crippen LogP contribution in [-0.2, 0) is 7.05 Å². The highest BCUT2D eigenvalue weighted by Crippen LogP contribution is 2.18. The van der Waals surface area contributed by atoms with Gasteiger partial charge in [0.2, 0.25) is 0 Å². The predicted molar refractivity (Wildman–Crippen MR) is 52.7 cm³/mol. The molecule has 0 aliphatic carbocycles. The van der Waals surface area contributed by atoms with Gasteiger partial charge >= 0.3 is 0 Å². The number of aryl methyl sites for hydroxylation is 1. The van der Waals surface area contributed by atoms with Gasteiger partial charge in [-0.15, -0.1) is 10.2 Å². The Morgan fingerprint density at radius 2 is 2.54 bits per heavy atom. The van der Waals surface area contributed by atoms with Crippen LogP contribution < -0.4 is 5.32 Å². The molecule has 0 amide bonds. The zero-order valence-corrected chi connectivity index (χ0v) is 8.55. The van der Waals surface area contributed by atoms with E-state index in [1.807, 2.05) is 11.6 Å². The van der Waals surface area contributed by atoms with Gasteiger partial charge in [-0.05, 0) is 25.4 Å². The van der Waals surface area contributed by atoms with E-state index < -0.39 is 0 Å². The van der Waals surface area contributed by atoms with Gasteiger partial charge in [-0.1, -0.05) is 11.8 Å². The van der Waals surface area contributed by atoms with E-state index in [9.17, 15) is 0 Å². The number of thioether (sulfide) groups is 1. The average Bonchev–Trinajstić information content (AvgIpc) is 2.42. The molecule has 0 aromatic carbocycles. The standard InChI is InChI=1S/C8H14N4S/c1-12-6-10-11-8(12)13-3-2-7-4-9-5-7/h6-7,9H,2-5H2,1H3. The van der Waals surface area contributed by atoms with Crippen LogP contribution in [-0.4, -0.2) is 33.6 Å². The number of hydrogen-bond acceptors (Lipinski definition) is 4. The molecule has 0 saturated carbocycles. The molecular formula is C8H14N4S. The van der Waals surface area contributed by atoms with Crippen molar-refractivity contribution in [1.29, 1.82) is 0 Å². The lowest BCUT2D eigenvalue weighted by atomic mass is 10.0. The third kappa shape index (κ3) is 2.22. The van der Waals surface area contributed by atoms with Crippen molar-refractivity contribution >= 4 is 11.8 Å². The average molecular weight is 198 g/mol. The van der Waals surface area contributed by atoms with Crippen LogP contribution in [0.1, 0.15) is 6.42 Å². The highest BCUT2D eigenvalue weighted by Gasteiger charge is 2.16. The van der Waals surface area contributed by atoms with Crippen molar-refractivity contribution in [3.63, 3.8) is 0 Å². The van der Waals surface area contributed by atoms with Crippen LogP contribution in [0.2, 0.25) is 0 Å². The Hall–Kier alpha value is -0.550. The highest BCUT2D eigenvalue weighted by atomic mass is 32.2. The monoisotopic (exact) mass is 198 g/mol. The zero-order chi connectivity index (χ0) is 9.10. The number of aromatic nitrogens is 3. The van der Waals surface area contributed by atoms with E-state index >= 15 is 0 Å².